The number of halogens is 6. The van der Waals surface area contributed by atoms with Crippen LogP contribution in [0.4, 0.5) is 32.0 Å². The molecule has 4 atom stereocenters. The van der Waals surface area contributed by atoms with Crippen molar-refractivity contribution in [1.82, 2.24) is 4.98 Å². The summed E-state index contributed by atoms with van der Waals surface area (Å²) in [4.78, 5) is 28.2. The van der Waals surface area contributed by atoms with E-state index in [-0.39, 0.29) is 16.9 Å². The Kier molecular flexibility index (Phi) is 7.02. The first-order valence-corrected chi connectivity index (χ1v) is 10.2. The number of hydrogen-bond donors (Lipinski definition) is 2. The van der Waals surface area contributed by atoms with E-state index < -0.39 is 65.1 Å². The summed E-state index contributed by atoms with van der Waals surface area (Å²) in [5.41, 5.74) is 0.654. The number of aromatic nitrogens is 1. The van der Waals surface area contributed by atoms with Gasteiger partial charge in [0.2, 0.25) is 0 Å². The highest BCUT2D eigenvalue weighted by atomic mass is 19.4. The summed E-state index contributed by atoms with van der Waals surface area (Å²) in [6.07, 6.45) is -9.00. The van der Waals surface area contributed by atoms with Gasteiger partial charge in [-0.2, -0.15) is 13.2 Å². The molecule has 13 heteroatoms. The van der Waals surface area contributed by atoms with Gasteiger partial charge in [0.15, 0.2) is 5.60 Å². The zero-order valence-corrected chi connectivity index (χ0v) is 18.6. The molecule has 0 spiro atoms. The maximum Gasteiger partial charge on any atom is 0.417 e. The number of methoxy groups -OCH3 is 1. The van der Waals surface area contributed by atoms with Gasteiger partial charge in [-0.25, -0.2) is 13.2 Å². The highest BCUT2D eigenvalue weighted by Crippen LogP contribution is 2.55. The quantitative estimate of drug-likeness (QED) is 0.569. The number of nitrogens with zero attached hydrogens (tertiary/aromatic N) is 1. The minimum absolute atomic E-state index is 0.0197. The Balaban J connectivity index is 2.12. The van der Waals surface area contributed by atoms with Crippen molar-refractivity contribution in [2.75, 3.05) is 12.4 Å². The van der Waals surface area contributed by atoms with Crippen molar-refractivity contribution < 1.29 is 45.4 Å². The molecule has 2 heterocycles. The van der Waals surface area contributed by atoms with Gasteiger partial charge in [0.25, 0.3) is 18.2 Å². The molecule has 35 heavy (non-hydrogen) atoms. The van der Waals surface area contributed by atoms with Gasteiger partial charge in [0, 0.05) is 29.3 Å². The second-order valence-electron chi connectivity index (χ2n) is 8.13. The second kappa shape index (κ2) is 9.36. The predicted molar refractivity (Wildman–Crippen MR) is 111 cm³/mol. The summed E-state index contributed by atoms with van der Waals surface area (Å²) in [5, 5.41) is 2.33. The third-order valence-corrected chi connectivity index (χ3v) is 6.16. The van der Waals surface area contributed by atoms with Crippen LogP contribution in [0.3, 0.4) is 0 Å². The van der Waals surface area contributed by atoms with Crippen molar-refractivity contribution in [2.45, 2.75) is 44.1 Å². The number of benzene rings is 1. The van der Waals surface area contributed by atoms with Gasteiger partial charge in [-0.1, -0.05) is 13.0 Å². The molecule has 190 valence electrons. The van der Waals surface area contributed by atoms with E-state index >= 15 is 0 Å². The van der Waals surface area contributed by atoms with Gasteiger partial charge in [-0.05, 0) is 25.1 Å². The zero-order valence-electron chi connectivity index (χ0n) is 18.6. The summed E-state index contributed by atoms with van der Waals surface area (Å²) in [7, 11) is 0.963. The minimum Gasteiger partial charge on any atom is -0.496 e. The maximum absolute atomic E-state index is 14.1. The summed E-state index contributed by atoms with van der Waals surface area (Å²) in [6.45, 7) is 1.88. The number of nitrogens with one attached hydrogen (secondary N) is 1. The van der Waals surface area contributed by atoms with E-state index in [4.69, 9.17) is 15.2 Å². The number of primary amides is 1. The molecule has 1 saturated heterocycles. The number of carbonyl (C=O) groups excluding carboxylic acids is 2. The Morgan fingerprint density at radius 1 is 1.26 bits per heavy atom. The molecule has 3 rings (SSSR count). The molecule has 1 aromatic carbocycles. The Hall–Kier alpha value is -3.35. The standard InChI is InChI=1S/C22H21F6N3O4/c1-9-14(11-4-5-12(23)15(18(24)25)16(11)34-3)17(35-21(9,2)22(26,27)28)20(33)31-10-6-7-30-13(8-10)19(29)32/h4-9,14,17-18H,1-3H3,(H2,29,32)(H,30,31,33)/t9-,14-,17-,21+/m1/s1. The molecule has 0 bridgehead atoms. The molecular weight excluding hydrogens is 484 g/mol. The van der Waals surface area contributed by atoms with Crippen LogP contribution >= 0.6 is 0 Å². The van der Waals surface area contributed by atoms with E-state index in [1.165, 1.54) is 6.07 Å². The smallest absolute Gasteiger partial charge is 0.417 e. The van der Waals surface area contributed by atoms with E-state index in [0.29, 0.717) is 6.07 Å². The Morgan fingerprint density at radius 3 is 2.46 bits per heavy atom. The fraction of sp³-hybridized carbons (Fsp3) is 0.409. The molecule has 0 radical (unpaired) electrons. The molecule has 2 amide bonds. The molecule has 0 saturated carbocycles. The third-order valence-electron chi connectivity index (χ3n) is 6.16. The number of carbonyl (C=O) groups is 2. The molecule has 3 N–H and O–H groups in total. The number of nitrogens with two attached hydrogens (primary N) is 1. The zero-order chi connectivity index (χ0) is 26.3. The fourth-order valence-corrected chi connectivity index (χ4v) is 4.17. The predicted octanol–water partition coefficient (Wildman–Crippen LogP) is 4.34. The molecule has 1 fully saturated rings. The highest BCUT2D eigenvalue weighted by Gasteiger charge is 2.66. The molecule has 0 aliphatic carbocycles. The van der Waals surface area contributed by atoms with Crippen LogP contribution in [0, 0.1) is 11.7 Å². The highest BCUT2D eigenvalue weighted by molar-refractivity contribution is 5.97. The summed E-state index contributed by atoms with van der Waals surface area (Å²) < 4.78 is 93.6. The van der Waals surface area contributed by atoms with E-state index in [1.54, 1.807) is 0 Å². The lowest BCUT2D eigenvalue weighted by molar-refractivity contribution is -0.272. The average Bonchev–Trinajstić information content (AvgIpc) is 3.05. The number of rotatable bonds is 6. The molecule has 1 aliphatic heterocycles. The number of anilines is 1. The van der Waals surface area contributed by atoms with Gasteiger partial charge in [-0.15, -0.1) is 0 Å². The van der Waals surface area contributed by atoms with Crippen LogP contribution in [-0.2, 0) is 9.53 Å². The number of amides is 2. The average molecular weight is 505 g/mol. The van der Waals surface area contributed by atoms with Crippen LogP contribution < -0.4 is 15.8 Å². The van der Waals surface area contributed by atoms with Crippen molar-refractivity contribution >= 4 is 17.5 Å². The van der Waals surface area contributed by atoms with Crippen LogP contribution in [0.2, 0.25) is 0 Å². The lowest BCUT2D eigenvalue weighted by Gasteiger charge is -2.32. The van der Waals surface area contributed by atoms with Crippen molar-refractivity contribution in [2.24, 2.45) is 11.7 Å². The lowest BCUT2D eigenvalue weighted by atomic mass is 9.76. The van der Waals surface area contributed by atoms with Crippen molar-refractivity contribution in [3.63, 3.8) is 0 Å². The number of pyridine rings is 1. The maximum atomic E-state index is 14.1. The molecular formula is C22H21F6N3O4. The first kappa shape index (κ1) is 26.3. The van der Waals surface area contributed by atoms with Gasteiger partial charge in [-0.3, -0.25) is 14.6 Å². The van der Waals surface area contributed by atoms with Crippen LogP contribution in [0.15, 0.2) is 30.5 Å². The van der Waals surface area contributed by atoms with Crippen LogP contribution in [0.1, 0.15) is 47.8 Å². The SMILES string of the molecule is COc1c([C@H]2[C@@H](C)[C@@](C)(C(F)(F)F)O[C@H]2C(=O)Nc2ccnc(C(N)=O)c2)ccc(F)c1C(F)F. The monoisotopic (exact) mass is 505 g/mol. The number of alkyl halides is 5. The van der Waals surface area contributed by atoms with Gasteiger partial charge in [0.1, 0.15) is 23.4 Å². The normalized spacial score (nSPS) is 24.5. The van der Waals surface area contributed by atoms with E-state index in [0.717, 1.165) is 39.3 Å². The second-order valence-corrected chi connectivity index (χ2v) is 8.13. The topological polar surface area (TPSA) is 104 Å². The van der Waals surface area contributed by atoms with Crippen molar-refractivity contribution in [1.29, 1.82) is 0 Å². The number of hydrogen-bond acceptors (Lipinski definition) is 5. The van der Waals surface area contributed by atoms with E-state index in [9.17, 15) is 35.9 Å². The van der Waals surface area contributed by atoms with E-state index in [2.05, 4.69) is 10.3 Å². The summed E-state index contributed by atoms with van der Waals surface area (Å²) in [6, 6.07) is 4.02. The Labute approximate surface area is 195 Å². The molecule has 0 unspecified atom stereocenters. The minimum atomic E-state index is -4.95. The van der Waals surface area contributed by atoms with Crippen LogP contribution in [0.5, 0.6) is 5.75 Å². The Morgan fingerprint density at radius 2 is 1.91 bits per heavy atom. The van der Waals surface area contributed by atoms with Crippen molar-refractivity contribution in [3.8, 4) is 5.75 Å². The molecule has 1 aromatic heterocycles. The van der Waals surface area contributed by atoms with Crippen molar-refractivity contribution in [3.05, 3.63) is 53.1 Å². The first-order valence-electron chi connectivity index (χ1n) is 10.2. The lowest BCUT2D eigenvalue weighted by Crippen LogP contribution is -2.47. The molecule has 1 aliphatic rings. The van der Waals surface area contributed by atoms with Crippen LogP contribution in [-0.4, -0.2) is 41.8 Å². The largest absolute Gasteiger partial charge is 0.496 e. The van der Waals surface area contributed by atoms with E-state index in [1.807, 2.05) is 0 Å². The molecule has 2 aromatic rings. The Bertz CT molecular complexity index is 1140. The first-order chi connectivity index (χ1) is 16.2. The third kappa shape index (κ3) is 4.64. The van der Waals surface area contributed by atoms with Gasteiger partial charge >= 0.3 is 6.18 Å². The molecule has 7 nitrogen and oxygen atoms in total. The fourth-order valence-electron chi connectivity index (χ4n) is 4.17. The van der Waals surface area contributed by atoms with Gasteiger partial charge in [0.05, 0.1) is 12.7 Å². The summed E-state index contributed by atoms with van der Waals surface area (Å²) >= 11 is 0. The van der Waals surface area contributed by atoms with Crippen LogP contribution in [0.25, 0.3) is 0 Å². The number of ether oxygens (including phenoxy) is 2. The van der Waals surface area contributed by atoms with Gasteiger partial charge < -0.3 is 20.5 Å². The summed E-state index contributed by atoms with van der Waals surface area (Å²) in [5.74, 6) is -6.92.